The minimum Gasteiger partial charge on any atom is -0.302 e. The smallest absolute Gasteiger partial charge is 0.216 e. The van der Waals surface area contributed by atoms with E-state index in [0.29, 0.717) is 11.8 Å². The van der Waals surface area contributed by atoms with Crippen molar-refractivity contribution >= 4 is 11.6 Å². The van der Waals surface area contributed by atoms with Gasteiger partial charge in [0, 0.05) is 34.7 Å². The molecule has 0 spiro atoms. The topological polar surface area (TPSA) is 16.1 Å². The Morgan fingerprint density at radius 3 is 2.65 bits per heavy atom. The van der Waals surface area contributed by atoms with Crippen LogP contribution in [0.2, 0.25) is 5.02 Å². The second-order valence-corrected chi connectivity index (χ2v) is 9.97. The number of halogens is 2. The van der Waals surface area contributed by atoms with Crippen molar-refractivity contribution in [3.63, 3.8) is 0 Å². The minimum absolute atomic E-state index is 0.0454. The van der Waals surface area contributed by atoms with Crippen LogP contribution < -0.4 is 0 Å². The third-order valence-electron chi connectivity index (χ3n) is 7.86. The predicted octanol–water partition coefficient (Wildman–Crippen LogP) is 5.96. The first kappa shape index (κ1) is 19.5. The van der Waals surface area contributed by atoms with Crippen LogP contribution in [0.5, 0.6) is 0 Å². The van der Waals surface area contributed by atoms with Crippen molar-refractivity contribution in [2.24, 2.45) is 5.92 Å². The number of hydrogen-bond donors (Lipinski definition) is 0. The number of fused-ring (bicyclic) bond motifs is 8. The molecule has 2 nitrogen and oxygen atoms in total. The SMILES string of the molecule is Fc1ncccc1CC1CCN(C[C@@]23C[C@@H](c4ccccc42)c2ccc(Cl)cc23)CC1. The highest BCUT2D eigenvalue weighted by molar-refractivity contribution is 6.30. The Morgan fingerprint density at radius 1 is 1.00 bits per heavy atom. The first-order valence-corrected chi connectivity index (χ1v) is 11.7. The maximum atomic E-state index is 14.0. The van der Waals surface area contributed by atoms with Crippen molar-refractivity contribution in [1.29, 1.82) is 0 Å². The molecule has 0 N–H and O–H groups in total. The van der Waals surface area contributed by atoms with Gasteiger partial charge in [-0.15, -0.1) is 0 Å². The molecule has 31 heavy (non-hydrogen) atoms. The van der Waals surface area contributed by atoms with Crippen LogP contribution in [0.1, 0.15) is 53.0 Å². The number of pyridine rings is 1. The molecule has 0 unspecified atom stereocenters. The third-order valence-corrected chi connectivity index (χ3v) is 8.09. The molecule has 0 saturated carbocycles. The zero-order valence-electron chi connectivity index (χ0n) is 17.5. The van der Waals surface area contributed by atoms with Gasteiger partial charge in [0.05, 0.1) is 0 Å². The van der Waals surface area contributed by atoms with E-state index in [1.165, 1.54) is 28.5 Å². The molecule has 2 atom stereocenters. The van der Waals surface area contributed by atoms with E-state index in [0.717, 1.165) is 55.9 Å². The average Bonchev–Trinajstić information content (AvgIpc) is 3.28. The maximum Gasteiger partial charge on any atom is 0.216 e. The van der Waals surface area contributed by atoms with E-state index in [2.05, 4.69) is 46.3 Å². The summed E-state index contributed by atoms with van der Waals surface area (Å²) in [6, 6.07) is 19.2. The quantitative estimate of drug-likeness (QED) is 0.472. The lowest BCUT2D eigenvalue weighted by molar-refractivity contribution is 0.158. The second kappa shape index (κ2) is 7.43. The highest BCUT2D eigenvalue weighted by Crippen LogP contribution is 2.60. The van der Waals surface area contributed by atoms with E-state index in [-0.39, 0.29) is 11.4 Å². The van der Waals surface area contributed by atoms with Gasteiger partial charge in [-0.25, -0.2) is 4.98 Å². The highest BCUT2D eigenvalue weighted by atomic mass is 35.5. The first-order chi connectivity index (χ1) is 15.1. The summed E-state index contributed by atoms with van der Waals surface area (Å²) in [6.45, 7) is 3.18. The molecule has 0 radical (unpaired) electrons. The standard InChI is InChI=1S/C27H26ClFN2/c28-20-7-8-22-23-16-27(25(22)15-20,24-6-2-1-5-21(23)24)17-31-12-9-18(10-13-31)14-19-4-3-11-30-26(19)29/h1-8,11,15,18,23H,9-10,12-14,16-17H2/t23-,27-/m0/s1. The molecule has 3 aromatic rings. The van der Waals surface area contributed by atoms with Crippen molar-refractivity contribution in [2.75, 3.05) is 19.6 Å². The summed E-state index contributed by atoms with van der Waals surface area (Å²) in [6.07, 6.45) is 5.69. The van der Waals surface area contributed by atoms with E-state index < -0.39 is 0 Å². The fourth-order valence-electron chi connectivity index (χ4n) is 6.43. The van der Waals surface area contributed by atoms with E-state index in [4.69, 9.17) is 11.6 Å². The monoisotopic (exact) mass is 432 g/mol. The molecule has 0 amide bonds. The van der Waals surface area contributed by atoms with Gasteiger partial charge in [0.2, 0.25) is 5.95 Å². The lowest BCUT2D eigenvalue weighted by atomic mass is 9.74. The lowest BCUT2D eigenvalue weighted by Gasteiger charge is -2.40. The minimum atomic E-state index is -0.308. The average molecular weight is 433 g/mol. The number of hydrogen-bond acceptors (Lipinski definition) is 2. The summed E-state index contributed by atoms with van der Waals surface area (Å²) in [5.74, 6) is 0.716. The van der Waals surface area contributed by atoms with Crippen LogP contribution in [-0.4, -0.2) is 29.5 Å². The molecule has 158 valence electrons. The number of benzene rings is 2. The molecule has 1 aliphatic heterocycles. The summed E-state index contributed by atoms with van der Waals surface area (Å²) in [5.41, 5.74) is 6.69. The molecule has 1 saturated heterocycles. The van der Waals surface area contributed by atoms with Crippen LogP contribution in [0.15, 0.2) is 60.8 Å². The molecule has 1 aromatic heterocycles. The molecule has 2 aromatic carbocycles. The van der Waals surface area contributed by atoms with Crippen LogP contribution in [-0.2, 0) is 11.8 Å². The first-order valence-electron chi connectivity index (χ1n) is 11.4. The van der Waals surface area contributed by atoms with Crippen LogP contribution in [0, 0.1) is 11.9 Å². The van der Waals surface area contributed by atoms with Gasteiger partial charge in [0.1, 0.15) is 0 Å². The van der Waals surface area contributed by atoms with Crippen molar-refractivity contribution in [2.45, 2.75) is 37.0 Å². The second-order valence-electron chi connectivity index (χ2n) is 9.53. The van der Waals surface area contributed by atoms with E-state index in [9.17, 15) is 4.39 Å². The molecule has 2 heterocycles. The Labute approximate surface area is 188 Å². The zero-order valence-corrected chi connectivity index (χ0v) is 18.3. The van der Waals surface area contributed by atoms with Gasteiger partial charge in [0.15, 0.2) is 0 Å². The van der Waals surface area contributed by atoms with Crippen molar-refractivity contribution in [3.05, 3.63) is 99.6 Å². The molecule has 3 aliphatic rings. The molecular weight excluding hydrogens is 407 g/mol. The molecule has 1 fully saturated rings. The lowest BCUT2D eigenvalue weighted by Crippen LogP contribution is -2.44. The normalized spacial score (nSPS) is 24.9. The largest absolute Gasteiger partial charge is 0.302 e. The molecule has 4 heteroatoms. The Hall–Kier alpha value is -2.23. The summed E-state index contributed by atoms with van der Waals surface area (Å²) >= 11 is 6.45. The number of aromatic nitrogens is 1. The van der Waals surface area contributed by atoms with E-state index in [1.807, 2.05) is 18.2 Å². The van der Waals surface area contributed by atoms with Crippen molar-refractivity contribution in [1.82, 2.24) is 9.88 Å². The molecule has 2 bridgehead atoms. The van der Waals surface area contributed by atoms with Crippen LogP contribution in [0.25, 0.3) is 0 Å². The van der Waals surface area contributed by atoms with Crippen molar-refractivity contribution < 1.29 is 4.39 Å². The summed E-state index contributed by atoms with van der Waals surface area (Å²) in [5, 5.41) is 0.834. The van der Waals surface area contributed by atoms with Gasteiger partial charge in [0.25, 0.3) is 0 Å². The Bertz CT molecular complexity index is 1140. The third kappa shape index (κ3) is 3.13. The van der Waals surface area contributed by atoms with Crippen LogP contribution in [0.3, 0.4) is 0 Å². The summed E-state index contributed by atoms with van der Waals surface area (Å²) in [7, 11) is 0. The van der Waals surface area contributed by atoms with Gasteiger partial charge in [-0.05, 0) is 85.1 Å². The Kier molecular flexibility index (Phi) is 4.66. The van der Waals surface area contributed by atoms with Gasteiger partial charge in [-0.1, -0.05) is 48.0 Å². The number of rotatable bonds is 4. The fraction of sp³-hybridized carbons (Fsp3) is 0.370. The summed E-state index contributed by atoms with van der Waals surface area (Å²) < 4.78 is 14.0. The van der Waals surface area contributed by atoms with Gasteiger partial charge in [-0.2, -0.15) is 4.39 Å². The maximum absolute atomic E-state index is 14.0. The summed E-state index contributed by atoms with van der Waals surface area (Å²) in [4.78, 5) is 6.44. The van der Waals surface area contributed by atoms with E-state index >= 15 is 0 Å². The van der Waals surface area contributed by atoms with Gasteiger partial charge in [-0.3, -0.25) is 0 Å². The Morgan fingerprint density at radius 2 is 1.81 bits per heavy atom. The number of piperidine rings is 1. The van der Waals surface area contributed by atoms with Gasteiger partial charge < -0.3 is 4.90 Å². The zero-order chi connectivity index (χ0) is 21.0. The predicted molar refractivity (Wildman–Crippen MR) is 122 cm³/mol. The van der Waals surface area contributed by atoms with E-state index in [1.54, 1.807) is 0 Å². The molecule has 6 rings (SSSR count). The number of nitrogens with zero attached hydrogens (tertiary/aromatic N) is 2. The highest BCUT2D eigenvalue weighted by Gasteiger charge is 2.53. The Balaban J connectivity index is 1.23. The molecular formula is C27H26ClFN2. The van der Waals surface area contributed by atoms with Crippen LogP contribution in [0.4, 0.5) is 4.39 Å². The fourth-order valence-corrected chi connectivity index (χ4v) is 6.60. The number of likely N-dealkylation sites (tertiary alicyclic amines) is 1. The van der Waals surface area contributed by atoms with Gasteiger partial charge >= 0.3 is 0 Å². The van der Waals surface area contributed by atoms with Crippen LogP contribution >= 0.6 is 11.6 Å². The molecule has 2 aliphatic carbocycles. The van der Waals surface area contributed by atoms with Crippen molar-refractivity contribution in [3.8, 4) is 0 Å².